The number of carbonyl (C=O) groups excluding carboxylic acids is 1. The molecule has 1 aliphatic rings. The van der Waals surface area contributed by atoms with Crippen LogP contribution in [0.4, 0.5) is 0 Å². The quantitative estimate of drug-likeness (QED) is 0.327. The zero-order valence-electron chi connectivity index (χ0n) is 12.3. The lowest BCUT2D eigenvalue weighted by Gasteiger charge is -2.28. The fraction of sp³-hybridized carbons (Fsp3) is 0.600. The van der Waals surface area contributed by atoms with E-state index in [1.165, 1.54) is 0 Å². The summed E-state index contributed by atoms with van der Waals surface area (Å²) in [6.45, 7) is 2.10. The molecule has 5 nitrogen and oxygen atoms in total. The predicted octanol–water partition coefficient (Wildman–Crippen LogP) is 3.01. The van der Waals surface area contributed by atoms with Gasteiger partial charge in [-0.25, -0.2) is 0 Å². The fourth-order valence-corrected chi connectivity index (χ4v) is 3.85. The molecule has 1 fully saturated rings. The van der Waals surface area contributed by atoms with Crippen LogP contribution < -0.4 is 11.1 Å². The predicted molar refractivity (Wildman–Crippen MR) is 84.4 cm³/mol. The van der Waals surface area contributed by atoms with Crippen LogP contribution in [-0.2, 0) is 4.79 Å². The van der Waals surface area contributed by atoms with Crippen molar-refractivity contribution in [3.63, 3.8) is 0 Å². The first-order valence-corrected chi connectivity index (χ1v) is 8.34. The number of nitrogens with two attached hydrogens (primary N) is 1. The minimum Gasteiger partial charge on any atom is -0.409 e. The summed E-state index contributed by atoms with van der Waals surface area (Å²) >= 11 is 1.64. The zero-order valence-corrected chi connectivity index (χ0v) is 13.2. The van der Waals surface area contributed by atoms with Gasteiger partial charge in [-0.05, 0) is 30.7 Å². The molecule has 1 saturated carbocycles. The number of thiophene rings is 1. The molecule has 1 amide bonds. The Bertz CT molecular complexity index is 493. The number of amidine groups is 1. The first-order valence-electron chi connectivity index (χ1n) is 7.46. The average molecular weight is 309 g/mol. The molecule has 0 aliphatic heterocycles. The maximum Gasteiger partial charge on any atom is 0.234 e. The summed E-state index contributed by atoms with van der Waals surface area (Å²) in [5, 5.41) is 17.3. The smallest absolute Gasteiger partial charge is 0.234 e. The van der Waals surface area contributed by atoms with Gasteiger partial charge in [0.15, 0.2) is 5.84 Å². The second-order valence-corrected chi connectivity index (χ2v) is 6.58. The number of hydrogen-bond donors (Lipinski definition) is 3. The number of oxime groups is 1. The molecule has 21 heavy (non-hydrogen) atoms. The molecule has 0 aromatic carbocycles. The van der Waals surface area contributed by atoms with Crippen LogP contribution >= 0.6 is 11.3 Å². The van der Waals surface area contributed by atoms with Crippen molar-refractivity contribution in [2.24, 2.45) is 16.3 Å². The maximum absolute atomic E-state index is 12.8. The molecule has 1 heterocycles. The van der Waals surface area contributed by atoms with Crippen LogP contribution in [0, 0.1) is 5.41 Å². The molecular formula is C15H23N3O2S. The van der Waals surface area contributed by atoms with E-state index in [2.05, 4.69) is 17.4 Å². The molecule has 116 valence electrons. The molecule has 1 aliphatic carbocycles. The minimum atomic E-state index is -0.835. The van der Waals surface area contributed by atoms with E-state index < -0.39 is 5.41 Å². The number of nitrogens with one attached hydrogen (secondary N) is 1. The van der Waals surface area contributed by atoms with Gasteiger partial charge in [-0.3, -0.25) is 4.79 Å². The van der Waals surface area contributed by atoms with Crippen molar-refractivity contribution in [2.75, 3.05) is 0 Å². The lowest BCUT2D eigenvalue weighted by molar-refractivity contribution is -0.128. The topological polar surface area (TPSA) is 87.7 Å². The van der Waals surface area contributed by atoms with Gasteiger partial charge in [0.1, 0.15) is 5.41 Å². The van der Waals surface area contributed by atoms with E-state index in [-0.39, 0.29) is 17.8 Å². The highest BCUT2D eigenvalue weighted by molar-refractivity contribution is 7.10. The third-order valence-corrected chi connectivity index (χ3v) is 5.25. The molecule has 0 saturated heterocycles. The Morgan fingerprint density at radius 2 is 2.29 bits per heavy atom. The summed E-state index contributed by atoms with van der Waals surface area (Å²) in [6.07, 6.45) is 5.04. The van der Waals surface area contributed by atoms with Crippen molar-refractivity contribution in [1.29, 1.82) is 0 Å². The Morgan fingerprint density at radius 3 is 2.81 bits per heavy atom. The average Bonchev–Trinajstić information content (AvgIpc) is 3.17. The fourth-order valence-electron chi connectivity index (χ4n) is 3.03. The lowest BCUT2D eigenvalue weighted by atomic mass is 9.83. The summed E-state index contributed by atoms with van der Waals surface area (Å²) in [5.74, 6) is -0.0684. The molecule has 1 aromatic heterocycles. The van der Waals surface area contributed by atoms with Crippen molar-refractivity contribution in [3.8, 4) is 0 Å². The van der Waals surface area contributed by atoms with E-state index in [1.54, 1.807) is 11.3 Å². The van der Waals surface area contributed by atoms with Crippen LogP contribution in [0.1, 0.15) is 56.4 Å². The summed E-state index contributed by atoms with van der Waals surface area (Å²) in [7, 11) is 0. The van der Waals surface area contributed by atoms with Crippen LogP contribution in [0.3, 0.4) is 0 Å². The van der Waals surface area contributed by atoms with Crippen LogP contribution in [-0.4, -0.2) is 17.0 Å². The zero-order chi connectivity index (χ0) is 15.3. The van der Waals surface area contributed by atoms with Gasteiger partial charge >= 0.3 is 0 Å². The number of amides is 1. The summed E-state index contributed by atoms with van der Waals surface area (Å²) in [6, 6.07) is 4.03. The normalized spacial score (nSPS) is 19.4. The lowest BCUT2D eigenvalue weighted by Crippen LogP contribution is -2.49. The third kappa shape index (κ3) is 3.20. The van der Waals surface area contributed by atoms with Gasteiger partial charge in [-0.1, -0.05) is 37.4 Å². The van der Waals surface area contributed by atoms with E-state index in [4.69, 9.17) is 10.9 Å². The monoisotopic (exact) mass is 309 g/mol. The van der Waals surface area contributed by atoms with Gasteiger partial charge < -0.3 is 16.3 Å². The Hall–Kier alpha value is -1.56. The van der Waals surface area contributed by atoms with Gasteiger partial charge in [-0.15, -0.1) is 11.3 Å². The molecule has 6 heteroatoms. The van der Waals surface area contributed by atoms with E-state index in [0.717, 1.165) is 30.6 Å². The highest BCUT2D eigenvalue weighted by Gasteiger charge is 2.46. The molecule has 0 bridgehead atoms. The van der Waals surface area contributed by atoms with Crippen LogP contribution in [0.5, 0.6) is 0 Å². The molecule has 0 radical (unpaired) electrons. The van der Waals surface area contributed by atoms with Crippen molar-refractivity contribution in [3.05, 3.63) is 22.4 Å². The highest BCUT2D eigenvalue weighted by Crippen LogP contribution is 2.39. The number of rotatable bonds is 6. The van der Waals surface area contributed by atoms with Crippen molar-refractivity contribution >= 4 is 23.1 Å². The first kappa shape index (κ1) is 15.8. The molecule has 1 aromatic rings. The van der Waals surface area contributed by atoms with Gasteiger partial charge in [0.05, 0.1) is 6.04 Å². The SMILES string of the molecule is CCCC(NC(=O)C1(C(N)=NO)CCCC1)c1cccs1. The van der Waals surface area contributed by atoms with Crippen molar-refractivity contribution in [1.82, 2.24) is 5.32 Å². The molecule has 1 unspecified atom stereocenters. The van der Waals surface area contributed by atoms with E-state index in [0.29, 0.717) is 12.8 Å². The Balaban J connectivity index is 2.17. The van der Waals surface area contributed by atoms with E-state index in [1.807, 2.05) is 17.5 Å². The Kier molecular flexibility index (Phi) is 5.22. The summed E-state index contributed by atoms with van der Waals surface area (Å²) in [4.78, 5) is 13.9. The summed E-state index contributed by atoms with van der Waals surface area (Å²) in [5.41, 5.74) is 4.99. The van der Waals surface area contributed by atoms with Crippen molar-refractivity contribution in [2.45, 2.75) is 51.5 Å². The van der Waals surface area contributed by atoms with E-state index >= 15 is 0 Å². The molecular weight excluding hydrogens is 286 g/mol. The Morgan fingerprint density at radius 1 is 1.57 bits per heavy atom. The third-order valence-electron chi connectivity index (χ3n) is 4.26. The largest absolute Gasteiger partial charge is 0.409 e. The van der Waals surface area contributed by atoms with Crippen LogP contribution in [0.2, 0.25) is 0 Å². The van der Waals surface area contributed by atoms with Gasteiger partial charge in [0.25, 0.3) is 0 Å². The molecule has 1 atom stereocenters. The van der Waals surface area contributed by atoms with E-state index in [9.17, 15) is 4.79 Å². The second-order valence-electron chi connectivity index (χ2n) is 5.60. The molecule has 0 spiro atoms. The standard InChI is InChI=1S/C15H23N3O2S/c1-2-6-11(12-7-5-10-21-12)17-14(19)15(13(16)18-20)8-3-4-9-15/h5,7,10-11,20H,2-4,6,8-9H2,1H3,(H2,16,18)(H,17,19). The number of nitrogens with zero attached hydrogens (tertiary/aromatic N) is 1. The molecule has 2 rings (SSSR count). The highest BCUT2D eigenvalue weighted by atomic mass is 32.1. The summed E-state index contributed by atoms with van der Waals surface area (Å²) < 4.78 is 0. The van der Waals surface area contributed by atoms with Crippen LogP contribution in [0.15, 0.2) is 22.7 Å². The van der Waals surface area contributed by atoms with Crippen molar-refractivity contribution < 1.29 is 10.0 Å². The maximum atomic E-state index is 12.8. The van der Waals surface area contributed by atoms with Gasteiger partial charge in [-0.2, -0.15) is 0 Å². The Labute approximate surface area is 129 Å². The number of hydrogen-bond acceptors (Lipinski definition) is 4. The number of carbonyl (C=O) groups is 1. The van der Waals surface area contributed by atoms with Gasteiger partial charge in [0.2, 0.25) is 5.91 Å². The minimum absolute atomic E-state index is 0.00599. The second kappa shape index (κ2) is 6.93. The first-order chi connectivity index (χ1) is 10.1. The molecule has 4 N–H and O–H groups in total. The van der Waals surface area contributed by atoms with Gasteiger partial charge in [0, 0.05) is 4.88 Å². The van der Waals surface area contributed by atoms with Crippen LogP contribution in [0.25, 0.3) is 0 Å².